The minimum Gasteiger partial charge on any atom is -0.497 e. The number of imidazole rings is 1. The fourth-order valence-electron chi connectivity index (χ4n) is 9.60. The molecule has 17 heteroatoms. The zero-order chi connectivity index (χ0) is 50.3. The summed E-state index contributed by atoms with van der Waals surface area (Å²) in [4.78, 5) is 27.5. The highest BCUT2D eigenvalue weighted by atomic mass is 32.9. The van der Waals surface area contributed by atoms with E-state index in [1.165, 1.54) is 6.33 Å². The molecule has 1 saturated carbocycles. The molecular formula is C54H64N5O8PS2Si. The van der Waals surface area contributed by atoms with Gasteiger partial charge in [-0.25, -0.2) is 15.0 Å². The maximum absolute atomic E-state index is 13.5. The van der Waals surface area contributed by atoms with Crippen LogP contribution in [0.25, 0.3) is 11.2 Å². The molecule has 2 saturated heterocycles. The maximum Gasteiger partial charge on any atom is 0.256 e. The van der Waals surface area contributed by atoms with Gasteiger partial charge in [0.15, 0.2) is 31.5 Å². The fraction of sp³-hybridized carbons (Fsp3) is 0.407. The summed E-state index contributed by atoms with van der Waals surface area (Å²) >= 11 is 8.29. The lowest BCUT2D eigenvalue weighted by atomic mass is 9.77. The van der Waals surface area contributed by atoms with Gasteiger partial charge in [0, 0.05) is 10.3 Å². The number of nitrogens with one attached hydrogen (secondary N) is 1. The van der Waals surface area contributed by atoms with Crippen LogP contribution < -0.4 is 14.8 Å². The molecular weight excluding hydrogens is 970 g/mol. The van der Waals surface area contributed by atoms with E-state index in [1.807, 2.05) is 89.5 Å². The number of rotatable bonds is 16. The molecule has 71 heavy (non-hydrogen) atoms. The van der Waals surface area contributed by atoms with Gasteiger partial charge in [-0.05, 0) is 122 Å². The number of amides is 1. The van der Waals surface area contributed by atoms with Gasteiger partial charge in [0.05, 0.1) is 33.3 Å². The number of anilines is 1. The third-order valence-corrected chi connectivity index (χ3v) is 25.0. The number of aromatic nitrogens is 4. The second kappa shape index (κ2) is 20.3. The van der Waals surface area contributed by atoms with Crippen molar-refractivity contribution in [2.75, 3.05) is 26.1 Å². The lowest BCUT2D eigenvalue weighted by Gasteiger charge is -2.41. The number of carbonyl (C=O) groups excluding carboxylic acids is 1. The molecule has 6 aromatic rings. The number of fused-ring (bicyclic) bond motifs is 2. The zero-order valence-corrected chi connectivity index (χ0v) is 45.4. The van der Waals surface area contributed by atoms with Gasteiger partial charge in [-0.2, -0.15) is 0 Å². The Labute approximate surface area is 427 Å². The van der Waals surface area contributed by atoms with Crippen LogP contribution in [0, 0.1) is 5.92 Å². The van der Waals surface area contributed by atoms with Crippen molar-refractivity contribution in [1.29, 1.82) is 0 Å². The van der Waals surface area contributed by atoms with Crippen molar-refractivity contribution in [2.45, 2.75) is 113 Å². The van der Waals surface area contributed by atoms with E-state index in [-0.39, 0.29) is 34.2 Å². The number of nitrogens with zero attached hydrogens (tertiary/aromatic N) is 4. The van der Waals surface area contributed by atoms with E-state index >= 15 is 0 Å². The number of carbonyl (C=O) groups is 1. The van der Waals surface area contributed by atoms with Gasteiger partial charge in [0.2, 0.25) is 5.69 Å². The molecule has 0 spiro atoms. The fourth-order valence-corrected chi connectivity index (χ4v) is 18.4. The van der Waals surface area contributed by atoms with Crippen molar-refractivity contribution in [3.05, 3.63) is 156 Å². The molecule has 1 N–H and O–H groups in total. The molecule has 1 amide bonds. The van der Waals surface area contributed by atoms with Crippen LogP contribution in [0.2, 0.25) is 18.1 Å². The van der Waals surface area contributed by atoms with Gasteiger partial charge in [-0.1, -0.05) is 117 Å². The van der Waals surface area contributed by atoms with Gasteiger partial charge in [-0.3, -0.25) is 9.36 Å². The Morgan fingerprint density at radius 2 is 1.51 bits per heavy atom. The molecule has 13 nitrogen and oxygen atoms in total. The first-order valence-corrected chi connectivity index (χ1v) is 31.0. The Morgan fingerprint density at radius 1 is 0.901 bits per heavy atom. The summed E-state index contributed by atoms with van der Waals surface area (Å²) in [6, 6.07) is 35.0. The molecule has 9 rings (SSSR count). The summed E-state index contributed by atoms with van der Waals surface area (Å²) in [5, 5.41) is 2.74. The Hall–Kier alpha value is -4.74. The SMILES string of the molecule is C=C(C)[C@@H]1CC[C@]2(C)S[P@](=S)(O[C@H]3[C@@H](O[Si](C)(C)C(C)(C)C)[C@H](n4cnc5c(NC(=O)c6ccccc6)ncnc54)O[C@@H]3COC(c3ccccc3)(c3ccc(OC)cc3)c3ccc(OC)cc3)O[C@H]2C1. The number of hydrogen-bond acceptors (Lipinski definition) is 13. The Kier molecular flexibility index (Phi) is 14.6. The van der Waals surface area contributed by atoms with E-state index in [4.69, 9.17) is 54.2 Å². The highest BCUT2D eigenvalue weighted by Crippen LogP contribution is 2.76. The van der Waals surface area contributed by atoms with Crippen molar-refractivity contribution in [3.63, 3.8) is 0 Å². The predicted octanol–water partition coefficient (Wildman–Crippen LogP) is 12.3. The zero-order valence-electron chi connectivity index (χ0n) is 41.9. The first-order chi connectivity index (χ1) is 33.9. The van der Waals surface area contributed by atoms with E-state index in [0.717, 1.165) is 41.5 Å². The Morgan fingerprint density at radius 3 is 2.10 bits per heavy atom. The van der Waals surface area contributed by atoms with E-state index in [2.05, 4.69) is 76.7 Å². The summed E-state index contributed by atoms with van der Waals surface area (Å²) in [5.41, 5.74) is 0.811. The van der Waals surface area contributed by atoms with Crippen molar-refractivity contribution in [3.8, 4) is 11.5 Å². The van der Waals surface area contributed by atoms with Crippen molar-refractivity contribution >= 4 is 60.1 Å². The summed E-state index contributed by atoms with van der Waals surface area (Å²) < 4.78 is 50.0. The number of hydrogen-bond donors (Lipinski definition) is 1. The summed E-state index contributed by atoms with van der Waals surface area (Å²) in [6.07, 6.45) is 2.54. The minimum absolute atomic E-state index is 0.0178. The molecule has 1 aliphatic carbocycles. The quantitative estimate of drug-likeness (QED) is 0.0426. The van der Waals surface area contributed by atoms with Crippen LogP contribution in [0.3, 0.4) is 0 Å². The van der Waals surface area contributed by atoms with Gasteiger partial charge in [-0.15, -0.1) is 0 Å². The van der Waals surface area contributed by atoms with Gasteiger partial charge < -0.3 is 37.7 Å². The third-order valence-electron chi connectivity index (χ3n) is 14.8. The number of benzene rings is 4. The Balaban J connectivity index is 1.18. The second-order valence-corrected chi connectivity index (χ2v) is 31.7. The molecule has 8 atom stereocenters. The van der Waals surface area contributed by atoms with E-state index < -0.39 is 44.2 Å². The van der Waals surface area contributed by atoms with Crippen LogP contribution in [-0.4, -0.2) is 83.7 Å². The van der Waals surface area contributed by atoms with Crippen LogP contribution >= 0.6 is 17.1 Å². The largest absolute Gasteiger partial charge is 0.497 e. The average Bonchev–Trinajstić information content (AvgIpc) is 4.02. The highest BCUT2D eigenvalue weighted by Gasteiger charge is 2.59. The average molecular weight is 1030 g/mol. The number of ether oxygens (including phenoxy) is 4. The topological polar surface area (TPSA) is 137 Å². The Bertz CT molecular complexity index is 2860. The van der Waals surface area contributed by atoms with E-state index in [9.17, 15) is 4.79 Å². The normalized spacial score (nSPS) is 25.7. The molecule has 0 unspecified atom stereocenters. The molecule has 3 aliphatic rings. The van der Waals surface area contributed by atoms with Crippen molar-refractivity contribution in [1.82, 2.24) is 19.5 Å². The smallest absolute Gasteiger partial charge is 0.256 e. The lowest BCUT2D eigenvalue weighted by Crippen LogP contribution is -2.49. The van der Waals surface area contributed by atoms with E-state index in [1.54, 1.807) is 44.1 Å². The van der Waals surface area contributed by atoms with Gasteiger partial charge in [0.25, 0.3) is 5.91 Å². The molecule has 3 fully saturated rings. The number of allylic oxidation sites excluding steroid dienone is 1. The second-order valence-electron chi connectivity index (χ2n) is 20.4. The first-order valence-electron chi connectivity index (χ1n) is 24.1. The predicted molar refractivity (Wildman–Crippen MR) is 286 cm³/mol. The molecule has 2 aromatic heterocycles. The molecule has 4 aromatic carbocycles. The minimum atomic E-state index is -3.09. The third kappa shape index (κ3) is 10.2. The van der Waals surface area contributed by atoms with Crippen molar-refractivity contribution < 1.29 is 37.2 Å². The first kappa shape index (κ1) is 51.2. The summed E-state index contributed by atoms with van der Waals surface area (Å²) in [6.45, 7) is 19.8. The van der Waals surface area contributed by atoms with Crippen LogP contribution in [0.4, 0.5) is 5.82 Å². The monoisotopic (exact) mass is 1030 g/mol. The van der Waals surface area contributed by atoms with Gasteiger partial charge in [0.1, 0.15) is 41.7 Å². The molecule has 0 bridgehead atoms. The standard InChI is InChI=1S/C54H64N5O8PS2Si/c1-35(2)37-29-30-53(6)44(31-37)65-68(69,70-53)66-46-43(32-63-54(38-19-15-12-16-20-38,39-21-25-41(61-7)26-22-39)40-23-27-42(62-8)28-24-40)64-51(47(46)67-71(9,10)52(3,4)5)59-34-57-45-48(55-33-56-49(45)59)58-50(60)36-17-13-11-14-18-36/h11-28,33-34,37,43-44,46-47,51H,1,29-32H2,2-10H3,(H,55,56,58,60)/t37-,43-,44+,46-,47-,51-,53+,68+/m1/s1. The van der Waals surface area contributed by atoms with Gasteiger partial charge >= 0.3 is 0 Å². The molecule has 2 aliphatic heterocycles. The lowest BCUT2D eigenvalue weighted by molar-refractivity contribution is -0.0920. The van der Waals surface area contributed by atoms with Crippen LogP contribution in [0.15, 0.2) is 134 Å². The van der Waals surface area contributed by atoms with Crippen molar-refractivity contribution in [2.24, 2.45) is 5.92 Å². The summed E-state index contributed by atoms with van der Waals surface area (Å²) in [7, 11) is 0.666. The molecule has 0 radical (unpaired) electrons. The van der Waals surface area contributed by atoms with Crippen LogP contribution in [0.5, 0.6) is 11.5 Å². The molecule has 374 valence electrons. The van der Waals surface area contributed by atoms with E-state index in [0.29, 0.717) is 34.1 Å². The number of methoxy groups -OCH3 is 2. The van der Waals surface area contributed by atoms with Crippen LogP contribution in [0.1, 0.15) is 87.2 Å². The highest BCUT2D eigenvalue weighted by molar-refractivity contribution is 8.68. The summed E-state index contributed by atoms with van der Waals surface area (Å²) in [5.74, 6) is 1.70. The van der Waals surface area contributed by atoms with Crippen LogP contribution in [-0.2, 0) is 40.4 Å². The molecule has 4 heterocycles. The maximum atomic E-state index is 13.5.